The first-order valence-electron chi connectivity index (χ1n) is 8.19. The fraction of sp³-hybridized carbons (Fsp3) is 0.556. The molecule has 0 atom stereocenters. The Hall–Kier alpha value is -2.07. The summed E-state index contributed by atoms with van der Waals surface area (Å²) in [5.41, 5.74) is -0.466. The van der Waals surface area contributed by atoms with Crippen LogP contribution in [0.4, 0.5) is 13.2 Å². The van der Waals surface area contributed by atoms with Crippen molar-refractivity contribution in [3.05, 3.63) is 45.8 Å². The number of alkyl halides is 3. The molecule has 1 saturated heterocycles. The second-order valence-corrected chi connectivity index (χ2v) is 7.45. The van der Waals surface area contributed by atoms with E-state index in [0.717, 1.165) is 6.07 Å². The molecule has 2 aliphatic heterocycles. The Labute approximate surface area is 145 Å². The number of nitrogens with zero attached hydrogens (tertiary/aromatic N) is 3. The minimum absolute atomic E-state index is 0.000461. The normalized spacial score (nSPS) is 19.8. The number of hydrogen-bond acceptors (Lipinski definition) is 2. The number of halogens is 3. The van der Waals surface area contributed by atoms with Gasteiger partial charge in [0, 0.05) is 31.6 Å². The predicted molar refractivity (Wildman–Crippen MR) is 86.7 cm³/mol. The first-order chi connectivity index (χ1) is 11.5. The summed E-state index contributed by atoms with van der Waals surface area (Å²) in [6.45, 7) is 13.9. The first kappa shape index (κ1) is 17.7. The third-order valence-electron chi connectivity index (χ3n) is 4.86. The van der Waals surface area contributed by atoms with Crippen molar-refractivity contribution in [3.8, 4) is 0 Å². The quantitative estimate of drug-likeness (QED) is 0.779. The van der Waals surface area contributed by atoms with E-state index >= 15 is 0 Å². The lowest BCUT2D eigenvalue weighted by molar-refractivity contribution is -0.138. The van der Waals surface area contributed by atoms with Gasteiger partial charge in [-0.25, -0.2) is 6.57 Å². The van der Waals surface area contributed by atoms with Gasteiger partial charge in [0.15, 0.2) is 0 Å². The smallest absolute Gasteiger partial charge is 0.332 e. The fourth-order valence-electron chi connectivity index (χ4n) is 3.61. The van der Waals surface area contributed by atoms with Gasteiger partial charge < -0.3 is 9.74 Å². The molecule has 25 heavy (non-hydrogen) atoms. The molecule has 7 heteroatoms. The molecule has 0 spiro atoms. The molecule has 3 rings (SSSR count). The molecule has 1 aromatic rings. The minimum Gasteiger partial charge on any atom is -0.332 e. The Kier molecular flexibility index (Phi) is 4.07. The van der Waals surface area contributed by atoms with Crippen LogP contribution in [0.3, 0.4) is 0 Å². The van der Waals surface area contributed by atoms with E-state index in [4.69, 9.17) is 6.57 Å². The van der Waals surface area contributed by atoms with Crippen LogP contribution < -0.4 is 0 Å². The van der Waals surface area contributed by atoms with Crippen LogP contribution in [0.5, 0.6) is 0 Å². The minimum atomic E-state index is -4.49. The highest BCUT2D eigenvalue weighted by Gasteiger charge is 2.45. The largest absolute Gasteiger partial charge is 0.416 e. The van der Waals surface area contributed by atoms with Crippen molar-refractivity contribution in [1.82, 2.24) is 9.80 Å². The van der Waals surface area contributed by atoms with Gasteiger partial charge in [-0.05, 0) is 37.1 Å². The maximum absolute atomic E-state index is 13.5. The van der Waals surface area contributed by atoms with E-state index in [-0.39, 0.29) is 29.6 Å². The SMILES string of the molecule is [C-]#[N+]C1(C)CN(Cc2cc3c(c(C(F)(F)F)c2)CN(C(C)C)C3=O)C1. The van der Waals surface area contributed by atoms with Gasteiger partial charge in [-0.2, -0.15) is 13.2 Å². The summed E-state index contributed by atoms with van der Waals surface area (Å²) >= 11 is 0. The van der Waals surface area contributed by atoms with Crippen molar-refractivity contribution in [1.29, 1.82) is 0 Å². The van der Waals surface area contributed by atoms with Gasteiger partial charge in [0.2, 0.25) is 0 Å². The lowest BCUT2D eigenvalue weighted by Gasteiger charge is -2.39. The summed E-state index contributed by atoms with van der Waals surface area (Å²) in [7, 11) is 0. The highest BCUT2D eigenvalue weighted by molar-refractivity contribution is 5.99. The summed E-state index contributed by atoms with van der Waals surface area (Å²) in [6.07, 6.45) is -4.49. The number of carbonyl (C=O) groups is 1. The Bertz CT molecular complexity index is 758. The van der Waals surface area contributed by atoms with Crippen LogP contribution in [0.1, 0.15) is 47.8 Å². The molecule has 0 bridgehead atoms. The number of amides is 1. The van der Waals surface area contributed by atoms with Crippen LogP contribution in [0, 0.1) is 6.57 Å². The highest BCUT2D eigenvalue weighted by Crippen LogP contribution is 2.39. The van der Waals surface area contributed by atoms with E-state index in [1.807, 2.05) is 11.8 Å². The number of benzene rings is 1. The molecule has 1 amide bonds. The summed E-state index contributed by atoms with van der Waals surface area (Å²) in [5, 5.41) is 0. The number of fused-ring (bicyclic) bond motifs is 1. The van der Waals surface area contributed by atoms with Crippen LogP contribution >= 0.6 is 0 Å². The van der Waals surface area contributed by atoms with Crippen LogP contribution in [0.15, 0.2) is 12.1 Å². The van der Waals surface area contributed by atoms with Crippen molar-refractivity contribution in [2.75, 3.05) is 13.1 Å². The molecule has 134 valence electrons. The standard InChI is InChI=1S/C18H20F3N3O/c1-11(2)24-8-14-13(16(24)25)5-12(6-15(14)18(19,20)21)7-23-9-17(3,10-23)22-4/h5-6,11H,7-10H2,1-3H3. The van der Waals surface area contributed by atoms with E-state index in [9.17, 15) is 18.0 Å². The van der Waals surface area contributed by atoms with Crippen LogP contribution in [0.25, 0.3) is 4.85 Å². The topological polar surface area (TPSA) is 27.9 Å². The van der Waals surface area contributed by atoms with Crippen LogP contribution in [-0.2, 0) is 19.3 Å². The molecule has 2 heterocycles. The molecule has 0 aromatic heterocycles. The first-order valence-corrected chi connectivity index (χ1v) is 8.19. The molecule has 4 nitrogen and oxygen atoms in total. The third-order valence-corrected chi connectivity index (χ3v) is 4.86. The average molecular weight is 351 g/mol. The molecule has 1 fully saturated rings. The Morgan fingerprint density at radius 2 is 1.96 bits per heavy atom. The van der Waals surface area contributed by atoms with E-state index in [0.29, 0.717) is 25.2 Å². The summed E-state index contributed by atoms with van der Waals surface area (Å²) in [5.74, 6) is -0.341. The number of carbonyl (C=O) groups excluding carboxylic acids is 1. The zero-order valence-corrected chi connectivity index (χ0v) is 14.4. The molecule has 0 saturated carbocycles. The number of rotatable bonds is 3. The molecule has 1 aromatic carbocycles. The van der Waals surface area contributed by atoms with Gasteiger partial charge in [-0.15, -0.1) is 0 Å². The van der Waals surface area contributed by atoms with Gasteiger partial charge in [-0.1, -0.05) is 0 Å². The van der Waals surface area contributed by atoms with Crippen molar-refractivity contribution < 1.29 is 18.0 Å². The van der Waals surface area contributed by atoms with Crippen molar-refractivity contribution in [2.24, 2.45) is 0 Å². The molecule has 0 aliphatic carbocycles. The van der Waals surface area contributed by atoms with Gasteiger partial charge >= 0.3 is 6.18 Å². The van der Waals surface area contributed by atoms with Gasteiger partial charge in [0.25, 0.3) is 11.4 Å². The fourth-order valence-corrected chi connectivity index (χ4v) is 3.61. The molecule has 0 radical (unpaired) electrons. The predicted octanol–water partition coefficient (Wildman–Crippen LogP) is 3.56. The number of hydrogen-bond donors (Lipinski definition) is 0. The molecule has 2 aliphatic rings. The Balaban J connectivity index is 1.93. The van der Waals surface area contributed by atoms with Crippen LogP contribution in [0.2, 0.25) is 0 Å². The summed E-state index contributed by atoms with van der Waals surface area (Å²) < 4.78 is 40.5. The summed E-state index contributed by atoms with van der Waals surface area (Å²) in [4.78, 5) is 19.4. The van der Waals surface area contributed by atoms with Gasteiger partial charge in [0.05, 0.1) is 18.7 Å². The monoisotopic (exact) mass is 351 g/mol. The summed E-state index contributed by atoms with van der Waals surface area (Å²) in [6, 6.07) is 2.59. The Morgan fingerprint density at radius 1 is 1.32 bits per heavy atom. The maximum atomic E-state index is 13.5. The highest BCUT2D eigenvalue weighted by atomic mass is 19.4. The molecule has 0 unspecified atom stereocenters. The average Bonchev–Trinajstić information content (AvgIpc) is 2.81. The van der Waals surface area contributed by atoms with E-state index in [2.05, 4.69) is 4.85 Å². The van der Waals surface area contributed by atoms with E-state index < -0.39 is 17.3 Å². The van der Waals surface area contributed by atoms with Crippen LogP contribution in [-0.4, -0.2) is 40.4 Å². The van der Waals surface area contributed by atoms with Crippen molar-refractivity contribution >= 4 is 5.91 Å². The molecular formula is C18H20F3N3O. The zero-order chi connectivity index (χ0) is 18.6. The lowest BCUT2D eigenvalue weighted by atomic mass is 9.92. The number of likely N-dealkylation sites (tertiary alicyclic amines) is 1. The zero-order valence-electron chi connectivity index (χ0n) is 14.4. The third kappa shape index (κ3) is 3.11. The molecular weight excluding hydrogens is 331 g/mol. The maximum Gasteiger partial charge on any atom is 0.416 e. The van der Waals surface area contributed by atoms with E-state index in [1.54, 1.807) is 19.9 Å². The van der Waals surface area contributed by atoms with Gasteiger partial charge in [-0.3, -0.25) is 9.69 Å². The Morgan fingerprint density at radius 3 is 2.48 bits per heavy atom. The van der Waals surface area contributed by atoms with Crippen molar-refractivity contribution in [3.63, 3.8) is 0 Å². The second-order valence-electron chi connectivity index (χ2n) is 7.45. The van der Waals surface area contributed by atoms with Crippen molar-refractivity contribution in [2.45, 2.75) is 51.6 Å². The van der Waals surface area contributed by atoms with Gasteiger partial charge in [0.1, 0.15) is 0 Å². The second kappa shape index (κ2) is 5.73. The lowest BCUT2D eigenvalue weighted by Crippen LogP contribution is -2.57. The molecule has 0 N–H and O–H groups in total. The van der Waals surface area contributed by atoms with E-state index in [1.165, 1.54) is 4.90 Å².